The molecule has 1 N–H and O–H groups in total. The van der Waals surface area contributed by atoms with Gasteiger partial charge < -0.3 is 10.0 Å². The van der Waals surface area contributed by atoms with Gasteiger partial charge in [0.25, 0.3) is 0 Å². The van der Waals surface area contributed by atoms with E-state index in [-0.39, 0.29) is 0 Å². The fourth-order valence-electron chi connectivity index (χ4n) is 2.13. The number of hydrogen-bond acceptors (Lipinski definition) is 2. The number of carbonyl (C=O) groups is 1. The van der Waals surface area contributed by atoms with Gasteiger partial charge in [0.05, 0.1) is 0 Å². The molecule has 4 heteroatoms. The van der Waals surface area contributed by atoms with E-state index in [4.69, 9.17) is 16.7 Å². The highest BCUT2D eigenvalue weighted by molar-refractivity contribution is 6.30. The largest absolute Gasteiger partial charge is 0.480 e. The summed E-state index contributed by atoms with van der Waals surface area (Å²) >= 11 is 5.81. The summed E-state index contributed by atoms with van der Waals surface area (Å²) in [5.74, 6) is -0.741. The highest BCUT2D eigenvalue weighted by Crippen LogP contribution is 2.26. The third kappa shape index (κ3) is 2.30. The van der Waals surface area contributed by atoms with Gasteiger partial charge in [-0.1, -0.05) is 11.6 Å². The zero-order chi connectivity index (χ0) is 11.5. The van der Waals surface area contributed by atoms with Gasteiger partial charge >= 0.3 is 5.97 Å². The molecule has 0 aliphatic carbocycles. The van der Waals surface area contributed by atoms with E-state index in [1.165, 1.54) is 0 Å². The lowest BCUT2D eigenvalue weighted by Gasteiger charge is -2.34. The van der Waals surface area contributed by atoms with Crippen LogP contribution in [0, 0.1) is 0 Å². The molecule has 0 aromatic heterocycles. The second-order valence-corrected chi connectivity index (χ2v) is 4.46. The monoisotopic (exact) mass is 239 g/mol. The van der Waals surface area contributed by atoms with Crippen molar-refractivity contribution in [3.63, 3.8) is 0 Å². The summed E-state index contributed by atoms with van der Waals surface area (Å²) < 4.78 is 0. The van der Waals surface area contributed by atoms with Gasteiger partial charge in [-0.05, 0) is 43.5 Å². The van der Waals surface area contributed by atoms with Crippen LogP contribution in [0.2, 0.25) is 5.02 Å². The van der Waals surface area contributed by atoms with Gasteiger partial charge in [-0.3, -0.25) is 0 Å². The summed E-state index contributed by atoms with van der Waals surface area (Å²) in [6, 6.07) is 6.96. The van der Waals surface area contributed by atoms with Crippen LogP contribution in [0.15, 0.2) is 24.3 Å². The minimum Gasteiger partial charge on any atom is -0.480 e. The van der Waals surface area contributed by atoms with Gasteiger partial charge in [0.2, 0.25) is 0 Å². The van der Waals surface area contributed by atoms with E-state index in [1.54, 1.807) is 12.1 Å². The molecule has 1 atom stereocenters. The number of halogens is 1. The van der Waals surface area contributed by atoms with Crippen LogP contribution in [0.4, 0.5) is 5.69 Å². The normalized spacial score (nSPS) is 20.8. The highest BCUT2D eigenvalue weighted by atomic mass is 35.5. The van der Waals surface area contributed by atoms with Crippen molar-refractivity contribution in [1.29, 1.82) is 0 Å². The highest BCUT2D eigenvalue weighted by Gasteiger charge is 2.28. The molecule has 1 saturated heterocycles. The molecule has 0 radical (unpaired) electrons. The lowest BCUT2D eigenvalue weighted by Crippen LogP contribution is -2.44. The molecule has 1 fully saturated rings. The zero-order valence-corrected chi connectivity index (χ0v) is 9.65. The first kappa shape index (κ1) is 11.3. The molecule has 0 spiro atoms. The molecule has 1 heterocycles. The standard InChI is InChI=1S/C12H14ClNO2/c13-9-4-6-10(7-5-9)14-8-2-1-3-11(14)12(15)16/h4-7,11H,1-3,8H2,(H,15,16). The molecule has 3 nitrogen and oxygen atoms in total. The summed E-state index contributed by atoms with van der Waals surface area (Å²) in [5, 5.41) is 9.83. The van der Waals surface area contributed by atoms with Crippen LogP contribution in [0.3, 0.4) is 0 Å². The van der Waals surface area contributed by atoms with Crippen molar-refractivity contribution in [2.45, 2.75) is 25.3 Å². The third-order valence-electron chi connectivity index (χ3n) is 2.95. The van der Waals surface area contributed by atoms with E-state index in [1.807, 2.05) is 17.0 Å². The SMILES string of the molecule is O=C(O)C1CCCCN1c1ccc(Cl)cc1. The van der Waals surface area contributed by atoms with Crippen molar-refractivity contribution in [2.24, 2.45) is 0 Å². The molecular formula is C12H14ClNO2. The molecule has 16 heavy (non-hydrogen) atoms. The average molecular weight is 240 g/mol. The Kier molecular flexibility index (Phi) is 3.34. The van der Waals surface area contributed by atoms with Gasteiger partial charge in [-0.15, -0.1) is 0 Å². The molecule has 0 saturated carbocycles. The maximum absolute atomic E-state index is 11.1. The fourth-order valence-corrected chi connectivity index (χ4v) is 2.26. The van der Waals surface area contributed by atoms with Gasteiger partial charge in [0.15, 0.2) is 0 Å². The molecule has 2 rings (SSSR count). The smallest absolute Gasteiger partial charge is 0.326 e. The summed E-state index contributed by atoms with van der Waals surface area (Å²) in [7, 11) is 0. The van der Waals surface area contributed by atoms with Gasteiger partial charge in [-0.2, -0.15) is 0 Å². The third-order valence-corrected chi connectivity index (χ3v) is 3.20. The summed E-state index contributed by atoms with van der Waals surface area (Å²) in [4.78, 5) is 13.1. The number of rotatable bonds is 2. The second kappa shape index (κ2) is 4.74. The molecule has 1 aromatic rings. The summed E-state index contributed by atoms with van der Waals surface area (Å²) in [6.07, 6.45) is 2.76. The Morgan fingerprint density at radius 2 is 2.00 bits per heavy atom. The first-order chi connectivity index (χ1) is 7.68. The van der Waals surface area contributed by atoms with Crippen LogP contribution in [-0.2, 0) is 4.79 Å². The van der Waals surface area contributed by atoms with Crippen LogP contribution in [0.25, 0.3) is 0 Å². The number of anilines is 1. The summed E-state index contributed by atoms with van der Waals surface area (Å²) in [5.41, 5.74) is 0.941. The van der Waals surface area contributed by atoms with Crippen molar-refractivity contribution < 1.29 is 9.90 Å². The molecular weight excluding hydrogens is 226 g/mol. The topological polar surface area (TPSA) is 40.5 Å². The Morgan fingerprint density at radius 1 is 1.31 bits per heavy atom. The van der Waals surface area contributed by atoms with Crippen LogP contribution in [0.1, 0.15) is 19.3 Å². The lowest BCUT2D eigenvalue weighted by atomic mass is 10.0. The van der Waals surface area contributed by atoms with Crippen molar-refractivity contribution in [3.8, 4) is 0 Å². The van der Waals surface area contributed by atoms with E-state index in [2.05, 4.69) is 0 Å². The minimum absolute atomic E-state index is 0.394. The Morgan fingerprint density at radius 3 is 2.62 bits per heavy atom. The van der Waals surface area contributed by atoms with Crippen molar-refractivity contribution in [3.05, 3.63) is 29.3 Å². The predicted octanol–water partition coefficient (Wildman–Crippen LogP) is 2.78. The summed E-state index contributed by atoms with van der Waals surface area (Å²) in [6.45, 7) is 0.804. The van der Waals surface area contributed by atoms with Crippen LogP contribution < -0.4 is 4.90 Å². The van der Waals surface area contributed by atoms with E-state index >= 15 is 0 Å². The Labute approximate surface area is 99.6 Å². The van der Waals surface area contributed by atoms with Crippen LogP contribution in [-0.4, -0.2) is 23.7 Å². The van der Waals surface area contributed by atoms with Crippen molar-refractivity contribution >= 4 is 23.3 Å². The number of carboxylic acid groups (broad SMARTS) is 1. The van der Waals surface area contributed by atoms with Gasteiger partial charge in [0, 0.05) is 17.3 Å². The fraction of sp³-hybridized carbons (Fsp3) is 0.417. The van der Waals surface area contributed by atoms with E-state index in [0.29, 0.717) is 5.02 Å². The van der Waals surface area contributed by atoms with Crippen LogP contribution in [0.5, 0.6) is 0 Å². The number of benzene rings is 1. The minimum atomic E-state index is -0.741. The first-order valence-electron chi connectivity index (χ1n) is 5.43. The number of aliphatic carboxylic acids is 1. The molecule has 0 amide bonds. The molecule has 0 bridgehead atoms. The maximum atomic E-state index is 11.1. The van der Waals surface area contributed by atoms with E-state index < -0.39 is 12.0 Å². The van der Waals surface area contributed by atoms with E-state index in [0.717, 1.165) is 31.5 Å². The molecule has 86 valence electrons. The van der Waals surface area contributed by atoms with Gasteiger partial charge in [0.1, 0.15) is 6.04 Å². The number of piperidine rings is 1. The molecule has 1 unspecified atom stereocenters. The van der Waals surface area contributed by atoms with Crippen LogP contribution >= 0.6 is 11.6 Å². The van der Waals surface area contributed by atoms with Gasteiger partial charge in [-0.25, -0.2) is 4.79 Å². The molecule has 1 aliphatic rings. The first-order valence-corrected chi connectivity index (χ1v) is 5.81. The molecule has 1 aliphatic heterocycles. The van der Waals surface area contributed by atoms with Crippen molar-refractivity contribution in [1.82, 2.24) is 0 Å². The molecule has 1 aromatic carbocycles. The Balaban J connectivity index is 2.23. The number of hydrogen-bond donors (Lipinski definition) is 1. The van der Waals surface area contributed by atoms with Crippen molar-refractivity contribution in [2.75, 3.05) is 11.4 Å². The number of nitrogens with zero attached hydrogens (tertiary/aromatic N) is 1. The predicted molar refractivity (Wildman–Crippen MR) is 64.1 cm³/mol. The zero-order valence-electron chi connectivity index (χ0n) is 8.90. The average Bonchev–Trinajstić information content (AvgIpc) is 2.30. The van der Waals surface area contributed by atoms with E-state index in [9.17, 15) is 4.79 Å². The quantitative estimate of drug-likeness (QED) is 0.863. The lowest BCUT2D eigenvalue weighted by molar-refractivity contribution is -0.139. The second-order valence-electron chi connectivity index (χ2n) is 4.02. The maximum Gasteiger partial charge on any atom is 0.326 e. The Hall–Kier alpha value is -1.22. The number of carboxylic acids is 1. The Bertz CT molecular complexity index is 377.